The van der Waals surface area contributed by atoms with E-state index < -0.39 is 11.7 Å². The summed E-state index contributed by atoms with van der Waals surface area (Å²) in [6.45, 7) is 5.86. The number of aromatic nitrogens is 2. The second-order valence-electron chi connectivity index (χ2n) is 8.31. The molecule has 0 amide bonds. The Morgan fingerprint density at radius 1 is 1.20 bits per heavy atom. The first-order valence-corrected chi connectivity index (χ1v) is 9.92. The van der Waals surface area contributed by atoms with E-state index in [1.54, 1.807) is 17.0 Å². The van der Waals surface area contributed by atoms with E-state index in [-0.39, 0.29) is 28.7 Å². The summed E-state index contributed by atoms with van der Waals surface area (Å²) in [5.74, 6) is -3.15. The van der Waals surface area contributed by atoms with Crippen LogP contribution in [0.15, 0.2) is 30.6 Å². The molecule has 2 fully saturated rings. The molecule has 2 aliphatic heterocycles. The van der Waals surface area contributed by atoms with E-state index in [1.165, 1.54) is 18.5 Å². The number of anilines is 2. The standard InChI is InChI=1S/C21H25F3N4O2/c1-20(11-30-12-20)10-25-18-17(22)19(27-13-26-18)28-7-8-29-9-16(28)14-3-5-15(6-4-14)21(2,23)24/h3-6,13,16H,7-12H2,1-2H3,(H,25,26,27). The summed E-state index contributed by atoms with van der Waals surface area (Å²) in [6.07, 6.45) is 1.33. The Morgan fingerprint density at radius 2 is 1.93 bits per heavy atom. The lowest BCUT2D eigenvalue weighted by molar-refractivity contribution is -0.0925. The Morgan fingerprint density at radius 3 is 2.57 bits per heavy atom. The fraction of sp³-hybridized carbons (Fsp3) is 0.524. The van der Waals surface area contributed by atoms with Crippen molar-refractivity contribution in [3.8, 4) is 0 Å². The summed E-state index contributed by atoms with van der Waals surface area (Å²) >= 11 is 0. The van der Waals surface area contributed by atoms with Crippen LogP contribution in [0.3, 0.4) is 0 Å². The number of halogens is 3. The summed E-state index contributed by atoms with van der Waals surface area (Å²) in [4.78, 5) is 10.0. The molecule has 2 aromatic rings. The van der Waals surface area contributed by atoms with Crippen molar-refractivity contribution in [2.24, 2.45) is 5.41 Å². The number of ether oxygens (including phenoxy) is 2. The molecule has 6 nitrogen and oxygen atoms in total. The first kappa shape index (κ1) is 20.9. The molecule has 0 saturated carbocycles. The van der Waals surface area contributed by atoms with Crippen LogP contribution in [-0.4, -0.2) is 49.5 Å². The van der Waals surface area contributed by atoms with Gasteiger partial charge in [0.05, 0.1) is 32.5 Å². The van der Waals surface area contributed by atoms with Crippen LogP contribution in [0.4, 0.5) is 24.8 Å². The fourth-order valence-corrected chi connectivity index (χ4v) is 3.66. The van der Waals surface area contributed by atoms with E-state index >= 15 is 4.39 Å². The van der Waals surface area contributed by atoms with Gasteiger partial charge < -0.3 is 19.7 Å². The highest BCUT2D eigenvalue weighted by Crippen LogP contribution is 2.34. The lowest BCUT2D eigenvalue weighted by Gasteiger charge is -2.38. The van der Waals surface area contributed by atoms with Gasteiger partial charge in [0, 0.05) is 31.0 Å². The summed E-state index contributed by atoms with van der Waals surface area (Å²) in [5.41, 5.74) is 0.652. The maximum atomic E-state index is 15.3. The summed E-state index contributed by atoms with van der Waals surface area (Å²) < 4.78 is 53.2. The lowest BCUT2D eigenvalue weighted by Crippen LogP contribution is -2.45. The van der Waals surface area contributed by atoms with Crippen molar-refractivity contribution in [3.63, 3.8) is 0 Å². The van der Waals surface area contributed by atoms with E-state index in [0.29, 0.717) is 39.5 Å². The summed E-state index contributed by atoms with van der Waals surface area (Å²) in [6, 6.07) is 5.72. The Balaban J connectivity index is 1.57. The SMILES string of the molecule is CC1(CNc2ncnc(N3CCOCC3c3ccc(C(C)(F)F)cc3)c2F)COC1. The second-order valence-corrected chi connectivity index (χ2v) is 8.31. The molecule has 1 aromatic heterocycles. The molecule has 4 rings (SSSR count). The zero-order chi connectivity index (χ0) is 21.4. The molecule has 3 heterocycles. The number of benzene rings is 1. The fourth-order valence-electron chi connectivity index (χ4n) is 3.66. The van der Waals surface area contributed by atoms with Crippen LogP contribution in [-0.2, 0) is 15.4 Å². The normalized spacial score (nSPS) is 21.2. The molecule has 1 aromatic carbocycles. The number of hydrogen-bond donors (Lipinski definition) is 1. The zero-order valence-electron chi connectivity index (χ0n) is 17.0. The first-order valence-electron chi connectivity index (χ1n) is 9.92. The van der Waals surface area contributed by atoms with Crippen molar-refractivity contribution < 1.29 is 22.6 Å². The monoisotopic (exact) mass is 422 g/mol. The molecule has 1 atom stereocenters. The van der Waals surface area contributed by atoms with Crippen molar-refractivity contribution in [1.29, 1.82) is 0 Å². The van der Waals surface area contributed by atoms with Gasteiger partial charge in [0.25, 0.3) is 5.92 Å². The third kappa shape index (κ3) is 4.22. The third-order valence-corrected chi connectivity index (χ3v) is 5.56. The number of nitrogens with one attached hydrogen (secondary N) is 1. The highest BCUT2D eigenvalue weighted by atomic mass is 19.3. The van der Waals surface area contributed by atoms with Gasteiger partial charge in [0.1, 0.15) is 6.33 Å². The van der Waals surface area contributed by atoms with E-state index in [9.17, 15) is 8.78 Å². The maximum Gasteiger partial charge on any atom is 0.270 e. The predicted molar refractivity (Wildman–Crippen MR) is 106 cm³/mol. The van der Waals surface area contributed by atoms with Crippen molar-refractivity contribution in [2.45, 2.75) is 25.8 Å². The van der Waals surface area contributed by atoms with Crippen molar-refractivity contribution in [2.75, 3.05) is 49.7 Å². The molecule has 2 saturated heterocycles. The average molecular weight is 422 g/mol. The zero-order valence-corrected chi connectivity index (χ0v) is 17.0. The summed E-state index contributed by atoms with van der Waals surface area (Å²) in [7, 11) is 0. The third-order valence-electron chi connectivity index (χ3n) is 5.56. The molecule has 1 unspecified atom stereocenters. The molecule has 2 aliphatic rings. The van der Waals surface area contributed by atoms with E-state index in [4.69, 9.17) is 9.47 Å². The van der Waals surface area contributed by atoms with Crippen molar-refractivity contribution >= 4 is 11.6 Å². The van der Waals surface area contributed by atoms with Crippen LogP contribution in [0.25, 0.3) is 0 Å². The van der Waals surface area contributed by atoms with E-state index in [0.717, 1.165) is 12.5 Å². The Bertz CT molecular complexity index is 885. The number of alkyl halides is 2. The van der Waals surface area contributed by atoms with Gasteiger partial charge in [-0.2, -0.15) is 4.39 Å². The van der Waals surface area contributed by atoms with Crippen LogP contribution in [0.2, 0.25) is 0 Å². The van der Waals surface area contributed by atoms with E-state index in [2.05, 4.69) is 22.2 Å². The molecule has 9 heteroatoms. The minimum atomic E-state index is -2.91. The van der Waals surface area contributed by atoms with E-state index in [1.807, 2.05) is 0 Å². The number of morpholine rings is 1. The lowest BCUT2D eigenvalue weighted by atomic mass is 9.89. The molecule has 1 N–H and O–H groups in total. The molecule has 0 aliphatic carbocycles. The molecule has 0 spiro atoms. The molecular formula is C21H25F3N4O2. The van der Waals surface area contributed by atoms with Crippen LogP contribution in [0.5, 0.6) is 0 Å². The van der Waals surface area contributed by atoms with Gasteiger partial charge >= 0.3 is 0 Å². The van der Waals surface area contributed by atoms with Gasteiger partial charge in [-0.25, -0.2) is 18.7 Å². The topological polar surface area (TPSA) is 59.5 Å². The second kappa shape index (κ2) is 8.03. The molecule has 0 radical (unpaired) electrons. The molecule has 30 heavy (non-hydrogen) atoms. The quantitative estimate of drug-likeness (QED) is 0.765. The minimum absolute atomic E-state index is 0.0395. The first-order chi connectivity index (χ1) is 14.3. The Hall–Kier alpha value is -2.39. The van der Waals surface area contributed by atoms with Crippen LogP contribution < -0.4 is 10.2 Å². The van der Waals surface area contributed by atoms with Gasteiger partial charge in [0.15, 0.2) is 11.6 Å². The molecule has 0 bridgehead atoms. The van der Waals surface area contributed by atoms with Crippen LogP contribution in [0, 0.1) is 11.2 Å². The predicted octanol–water partition coefficient (Wildman–Crippen LogP) is 3.75. The Kier molecular flexibility index (Phi) is 5.59. The Labute approximate surface area is 173 Å². The van der Waals surface area contributed by atoms with Gasteiger partial charge in [-0.3, -0.25) is 0 Å². The van der Waals surface area contributed by atoms with Crippen molar-refractivity contribution in [3.05, 3.63) is 47.5 Å². The number of rotatable bonds is 6. The maximum absolute atomic E-state index is 15.3. The van der Waals surface area contributed by atoms with Crippen LogP contribution >= 0.6 is 0 Å². The summed E-state index contributed by atoms with van der Waals surface area (Å²) in [5, 5.41) is 3.07. The highest BCUT2D eigenvalue weighted by Gasteiger charge is 2.34. The number of nitrogens with zero attached hydrogens (tertiary/aromatic N) is 3. The molecule has 162 valence electrons. The smallest absolute Gasteiger partial charge is 0.270 e. The number of hydrogen-bond acceptors (Lipinski definition) is 6. The van der Waals surface area contributed by atoms with Gasteiger partial charge in [-0.15, -0.1) is 0 Å². The van der Waals surface area contributed by atoms with Crippen molar-refractivity contribution in [1.82, 2.24) is 9.97 Å². The average Bonchev–Trinajstić information content (AvgIpc) is 2.71. The minimum Gasteiger partial charge on any atom is -0.380 e. The highest BCUT2D eigenvalue weighted by molar-refractivity contribution is 5.53. The van der Waals surface area contributed by atoms with Gasteiger partial charge in [0.2, 0.25) is 5.82 Å². The van der Waals surface area contributed by atoms with Gasteiger partial charge in [-0.05, 0) is 5.56 Å². The largest absolute Gasteiger partial charge is 0.380 e. The molecular weight excluding hydrogens is 397 g/mol. The van der Waals surface area contributed by atoms with Crippen LogP contribution in [0.1, 0.15) is 31.0 Å². The van der Waals surface area contributed by atoms with Gasteiger partial charge in [-0.1, -0.05) is 31.2 Å².